The molecular formula is C13H16F3N. The minimum absolute atomic E-state index is 0.0371. The van der Waals surface area contributed by atoms with Crippen LogP contribution in [0.2, 0.25) is 0 Å². The molecule has 4 heteroatoms. The van der Waals surface area contributed by atoms with Gasteiger partial charge in [0.05, 0.1) is 5.56 Å². The van der Waals surface area contributed by atoms with Gasteiger partial charge >= 0.3 is 6.18 Å². The fourth-order valence-corrected chi connectivity index (χ4v) is 2.62. The number of nitrogens with two attached hydrogens (primary N) is 1. The number of benzene rings is 1. The number of hydrogen-bond acceptors (Lipinski definition) is 1. The van der Waals surface area contributed by atoms with Crippen molar-refractivity contribution in [2.75, 3.05) is 0 Å². The highest BCUT2D eigenvalue weighted by molar-refractivity contribution is 5.33. The van der Waals surface area contributed by atoms with E-state index in [0.29, 0.717) is 12.0 Å². The van der Waals surface area contributed by atoms with Gasteiger partial charge in [0.25, 0.3) is 0 Å². The van der Waals surface area contributed by atoms with Crippen LogP contribution in [-0.4, -0.2) is 6.04 Å². The molecule has 0 aromatic heterocycles. The minimum Gasteiger partial charge on any atom is -0.328 e. The van der Waals surface area contributed by atoms with Crippen molar-refractivity contribution in [2.45, 2.75) is 43.8 Å². The molecule has 0 aliphatic heterocycles. The third-order valence-electron chi connectivity index (χ3n) is 3.42. The summed E-state index contributed by atoms with van der Waals surface area (Å²) in [6.07, 6.45) is -0.964. The van der Waals surface area contributed by atoms with Gasteiger partial charge in [-0.05, 0) is 36.8 Å². The zero-order valence-electron chi connectivity index (χ0n) is 9.50. The van der Waals surface area contributed by atoms with Crippen LogP contribution >= 0.6 is 0 Å². The highest BCUT2D eigenvalue weighted by Gasteiger charge is 2.35. The van der Waals surface area contributed by atoms with Crippen LogP contribution in [0.25, 0.3) is 0 Å². The first-order valence-electron chi connectivity index (χ1n) is 5.90. The summed E-state index contributed by atoms with van der Waals surface area (Å²) < 4.78 is 38.6. The molecule has 2 unspecified atom stereocenters. The molecule has 1 aliphatic rings. The summed E-state index contributed by atoms with van der Waals surface area (Å²) in [6.45, 7) is 0. The molecule has 1 aromatic carbocycles. The van der Waals surface area contributed by atoms with Crippen molar-refractivity contribution in [3.8, 4) is 0 Å². The smallest absolute Gasteiger partial charge is 0.328 e. The highest BCUT2D eigenvalue weighted by Crippen LogP contribution is 2.40. The maximum Gasteiger partial charge on any atom is 0.416 e. The van der Waals surface area contributed by atoms with E-state index in [2.05, 4.69) is 0 Å². The molecule has 1 fully saturated rings. The van der Waals surface area contributed by atoms with Crippen molar-refractivity contribution in [1.82, 2.24) is 0 Å². The Kier molecular flexibility index (Phi) is 3.43. The second-order valence-electron chi connectivity index (χ2n) is 4.71. The van der Waals surface area contributed by atoms with Gasteiger partial charge in [0.2, 0.25) is 0 Å². The van der Waals surface area contributed by atoms with Crippen molar-refractivity contribution < 1.29 is 13.2 Å². The first-order chi connectivity index (χ1) is 7.98. The van der Waals surface area contributed by atoms with Crippen LogP contribution in [0, 0.1) is 0 Å². The van der Waals surface area contributed by atoms with Crippen molar-refractivity contribution in [3.05, 3.63) is 35.4 Å². The van der Waals surface area contributed by atoms with E-state index >= 15 is 0 Å². The molecule has 2 rings (SSSR count). The standard InChI is InChI=1S/C13H16F3N/c14-13(15,16)12-7-2-1-6-11(12)9-4-3-5-10(17)8-9/h1-2,6-7,9-10H,3-5,8,17H2. The Hall–Kier alpha value is -1.03. The van der Waals surface area contributed by atoms with E-state index in [4.69, 9.17) is 5.73 Å². The molecule has 17 heavy (non-hydrogen) atoms. The Morgan fingerprint density at radius 1 is 1.12 bits per heavy atom. The van der Waals surface area contributed by atoms with Gasteiger partial charge in [-0.25, -0.2) is 0 Å². The highest BCUT2D eigenvalue weighted by atomic mass is 19.4. The normalized spacial score (nSPS) is 25.9. The third-order valence-corrected chi connectivity index (χ3v) is 3.42. The number of rotatable bonds is 1. The Balaban J connectivity index is 2.31. The van der Waals surface area contributed by atoms with Crippen LogP contribution in [0.15, 0.2) is 24.3 Å². The van der Waals surface area contributed by atoms with Crippen LogP contribution in [-0.2, 0) is 6.18 Å². The van der Waals surface area contributed by atoms with Crippen molar-refractivity contribution >= 4 is 0 Å². The third kappa shape index (κ3) is 2.80. The molecular weight excluding hydrogens is 227 g/mol. The molecule has 1 aliphatic carbocycles. The molecule has 0 spiro atoms. The zero-order valence-corrected chi connectivity index (χ0v) is 9.50. The van der Waals surface area contributed by atoms with Crippen molar-refractivity contribution in [3.63, 3.8) is 0 Å². The van der Waals surface area contributed by atoms with E-state index in [-0.39, 0.29) is 12.0 Å². The molecule has 94 valence electrons. The Morgan fingerprint density at radius 2 is 1.82 bits per heavy atom. The van der Waals surface area contributed by atoms with Crippen LogP contribution in [0.3, 0.4) is 0 Å². The van der Waals surface area contributed by atoms with Crippen molar-refractivity contribution in [2.24, 2.45) is 5.73 Å². The lowest BCUT2D eigenvalue weighted by atomic mass is 9.80. The maximum absolute atomic E-state index is 12.9. The number of halogens is 3. The maximum atomic E-state index is 12.9. The van der Waals surface area contributed by atoms with E-state index in [1.165, 1.54) is 6.07 Å². The molecule has 1 nitrogen and oxygen atoms in total. The van der Waals surface area contributed by atoms with E-state index in [0.717, 1.165) is 25.3 Å². The van der Waals surface area contributed by atoms with Gasteiger partial charge in [-0.3, -0.25) is 0 Å². The molecule has 0 heterocycles. The molecule has 0 bridgehead atoms. The van der Waals surface area contributed by atoms with Gasteiger partial charge in [0.1, 0.15) is 0 Å². The molecule has 1 aromatic rings. The Labute approximate surface area is 98.8 Å². The largest absolute Gasteiger partial charge is 0.416 e. The second kappa shape index (κ2) is 4.69. The number of hydrogen-bond donors (Lipinski definition) is 1. The summed E-state index contributed by atoms with van der Waals surface area (Å²) in [6, 6.07) is 5.90. The van der Waals surface area contributed by atoms with E-state index < -0.39 is 11.7 Å². The van der Waals surface area contributed by atoms with Gasteiger partial charge in [-0.1, -0.05) is 24.6 Å². The van der Waals surface area contributed by atoms with Crippen LogP contribution in [0.1, 0.15) is 42.7 Å². The molecule has 0 radical (unpaired) electrons. The summed E-state index contributed by atoms with van der Waals surface area (Å²) in [5.74, 6) is -0.0448. The quantitative estimate of drug-likeness (QED) is 0.799. The average molecular weight is 243 g/mol. The fourth-order valence-electron chi connectivity index (χ4n) is 2.62. The van der Waals surface area contributed by atoms with E-state index in [9.17, 15) is 13.2 Å². The lowest BCUT2D eigenvalue weighted by Crippen LogP contribution is -2.27. The molecule has 0 amide bonds. The summed E-state index contributed by atoms with van der Waals surface area (Å²) in [7, 11) is 0. The number of alkyl halides is 3. The predicted molar refractivity (Wildman–Crippen MR) is 60.6 cm³/mol. The summed E-state index contributed by atoms with van der Waals surface area (Å²) in [5, 5.41) is 0. The molecule has 2 atom stereocenters. The van der Waals surface area contributed by atoms with E-state index in [1.54, 1.807) is 12.1 Å². The summed E-state index contributed by atoms with van der Waals surface area (Å²) in [5.41, 5.74) is 5.75. The monoisotopic (exact) mass is 243 g/mol. The SMILES string of the molecule is NC1CCCC(c2ccccc2C(F)(F)F)C1. The summed E-state index contributed by atoms with van der Waals surface area (Å²) >= 11 is 0. The Bertz CT molecular complexity index is 386. The Morgan fingerprint density at radius 3 is 2.47 bits per heavy atom. The zero-order chi connectivity index (χ0) is 12.5. The van der Waals surface area contributed by atoms with E-state index in [1.807, 2.05) is 0 Å². The van der Waals surface area contributed by atoms with Crippen LogP contribution in [0.5, 0.6) is 0 Å². The van der Waals surface area contributed by atoms with Gasteiger partial charge in [0.15, 0.2) is 0 Å². The van der Waals surface area contributed by atoms with Crippen molar-refractivity contribution in [1.29, 1.82) is 0 Å². The minimum atomic E-state index is -4.27. The molecule has 1 saturated carbocycles. The second-order valence-corrected chi connectivity index (χ2v) is 4.71. The first-order valence-corrected chi connectivity index (χ1v) is 5.90. The lowest BCUT2D eigenvalue weighted by molar-refractivity contribution is -0.138. The van der Waals surface area contributed by atoms with Gasteiger partial charge in [-0.2, -0.15) is 13.2 Å². The van der Waals surface area contributed by atoms with Crippen LogP contribution < -0.4 is 5.73 Å². The summed E-state index contributed by atoms with van der Waals surface area (Å²) in [4.78, 5) is 0. The topological polar surface area (TPSA) is 26.0 Å². The fraction of sp³-hybridized carbons (Fsp3) is 0.538. The predicted octanol–water partition coefficient (Wildman–Crippen LogP) is 3.69. The first kappa shape index (κ1) is 12.4. The van der Waals surface area contributed by atoms with Crippen LogP contribution in [0.4, 0.5) is 13.2 Å². The average Bonchev–Trinajstić information content (AvgIpc) is 2.28. The molecule has 0 saturated heterocycles. The van der Waals surface area contributed by atoms with Gasteiger partial charge in [0, 0.05) is 6.04 Å². The van der Waals surface area contributed by atoms with Gasteiger partial charge < -0.3 is 5.73 Å². The lowest BCUT2D eigenvalue weighted by Gasteiger charge is -2.28. The van der Waals surface area contributed by atoms with Gasteiger partial charge in [-0.15, -0.1) is 0 Å². The molecule has 2 N–H and O–H groups in total.